The molecule has 0 spiro atoms. The van der Waals surface area contributed by atoms with Crippen LogP contribution >= 0.6 is 11.8 Å². The number of rotatable bonds is 11. The molecule has 3 aromatic carbocycles. The van der Waals surface area contributed by atoms with Gasteiger partial charge in [-0.05, 0) is 41.8 Å². The second-order valence-electron chi connectivity index (χ2n) is 7.94. The normalized spacial score (nSPS) is 11.6. The average molecular weight is 485 g/mol. The van der Waals surface area contributed by atoms with Crippen LogP contribution in [0, 0.1) is 0 Å². The standard InChI is InChI=1S/C28H28N4O2S/c1-3-18-32-27(23-14-16-24(34-2)17-15-23)30-31-28(32)35-20-26(33)29-25(22-12-8-5-9-13-22)19-21-10-6-4-7-11-21/h3-17,25H,1,18-20H2,2H3,(H,29,33). The summed E-state index contributed by atoms with van der Waals surface area (Å²) in [5, 5.41) is 12.6. The van der Waals surface area contributed by atoms with Gasteiger partial charge in [-0.25, -0.2) is 0 Å². The molecule has 0 saturated carbocycles. The third kappa shape index (κ3) is 6.39. The zero-order valence-electron chi connectivity index (χ0n) is 19.6. The zero-order valence-corrected chi connectivity index (χ0v) is 20.4. The van der Waals surface area contributed by atoms with Crippen LogP contribution in [-0.2, 0) is 17.8 Å². The van der Waals surface area contributed by atoms with Crippen molar-refractivity contribution >= 4 is 17.7 Å². The number of hydrogen-bond acceptors (Lipinski definition) is 5. The fourth-order valence-corrected chi connectivity index (χ4v) is 4.56. The Bertz CT molecular complexity index is 1240. The SMILES string of the molecule is C=CCn1c(SCC(=O)NC(Cc2ccccc2)c2ccccc2)nnc1-c1ccc(OC)cc1. The Kier molecular flexibility index (Phi) is 8.35. The molecule has 0 bridgehead atoms. The molecule has 1 aromatic heterocycles. The van der Waals surface area contributed by atoms with Crippen LogP contribution in [0.4, 0.5) is 0 Å². The second kappa shape index (κ2) is 12.0. The first-order valence-electron chi connectivity index (χ1n) is 11.4. The Balaban J connectivity index is 1.46. The minimum absolute atomic E-state index is 0.0565. The van der Waals surface area contributed by atoms with Crippen LogP contribution < -0.4 is 10.1 Å². The van der Waals surface area contributed by atoms with Crippen LogP contribution in [0.15, 0.2) is 103 Å². The van der Waals surface area contributed by atoms with Gasteiger partial charge in [0, 0.05) is 12.1 Å². The number of benzene rings is 3. The smallest absolute Gasteiger partial charge is 0.230 e. The van der Waals surface area contributed by atoms with E-state index in [4.69, 9.17) is 4.74 Å². The molecule has 0 saturated heterocycles. The molecule has 0 aliphatic heterocycles. The van der Waals surface area contributed by atoms with Crippen molar-refractivity contribution in [3.05, 3.63) is 109 Å². The molecule has 6 nitrogen and oxygen atoms in total. The fourth-order valence-electron chi connectivity index (χ4n) is 3.80. The van der Waals surface area contributed by atoms with Gasteiger partial charge in [0.1, 0.15) is 5.75 Å². The molecule has 178 valence electrons. The van der Waals surface area contributed by atoms with Gasteiger partial charge < -0.3 is 10.1 Å². The van der Waals surface area contributed by atoms with Crippen LogP contribution in [0.3, 0.4) is 0 Å². The van der Waals surface area contributed by atoms with Gasteiger partial charge in [0.2, 0.25) is 5.91 Å². The van der Waals surface area contributed by atoms with Gasteiger partial charge in [-0.2, -0.15) is 0 Å². The van der Waals surface area contributed by atoms with Gasteiger partial charge in [-0.15, -0.1) is 16.8 Å². The summed E-state index contributed by atoms with van der Waals surface area (Å²) in [6, 6.07) is 27.8. The van der Waals surface area contributed by atoms with E-state index in [1.807, 2.05) is 77.4 Å². The summed E-state index contributed by atoms with van der Waals surface area (Å²) < 4.78 is 7.21. The number of amides is 1. The lowest BCUT2D eigenvalue weighted by molar-refractivity contribution is -0.119. The summed E-state index contributed by atoms with van der Waals surface area (Å²) in [5.41, 5.74) is 3.17. The van der Waals surface area contributed by atoms with Crippen molar-refractivity contribution in [2.75, 3.05) is 12.9 Å². The third-order valence-corrected chi connectivity index (χ3v) is 6.50. The number of hydrogen-bond donors (Lipinski definition) is 1. The lowest BCUT2D eigenvalue weighted by Gasteiger charge is -2.19. The van der Waals surface area contributed by atoms with Crippen molar-refractivity contribution in [2.24, 2.45) is 0 Å². The number of allylic oxidation sites excluding steroid dienone is 1. The molecular weight excluding hydrogens is 456 g/mol. The lowest BCUT2D eigenvalue weighted by atomic mass is 9.99. The molecular formula is C28H28N4O2S. The number of ether oxygens (including phenoxy) is 1. The van der Waals surface area contributed by atoms with Crippen molar-refractivity contribution < 1.29 is 9.53 Å². The maximum atomic E-state index is 13.0. The van der Waals surface area contributed by atoms with E-state index in [0.29, 0.717) is 11.7 Å². The van der Waals surface area contributed by atoms with E-state index in [-0.39, 0.29) is 17.7 Å². The van der Waals surface area contributed by atoms with Gasteiger partial charge in [-0.1, -0.05) is 78.5 Å². The van der Waals surface area contributed by atoms with E-state index >= 15 is 0 Å². The Morgan fingerprint density at radius 1 is 1.03 bits per heavy atom. The van der Waals surface area contributed by atoms with E-state index in [1.54, 1.807) is 13.2 Å². The first-order valence-corrected chi connectivity index (χ1v) is 12.4. The summed E-state index contributed by atoms with van der Waals surface area (Å²) in [4.78, 5) is 13.0. The molecule has 0 aliphatic carbocycles. The number of methoxy groups -OCH3 is 1. The minimum Gasteiger partial charge on any atom is -0.497 e. The van der Waals surface area contributed by atoms with Gasteiger partial charge in [0.25, 0.3) is 0 Å². The predicted octanol–water partition coefficient (Wildman–Crippen LogP) is 5.33. The number of nitrogens with zero attached hydrogens (tertiary/aromatic N) is 3. The maximum absolute atomic E-state index is 13.0. The summed E-state index contributed by atoms with van der Waals surface area (Å²) in [6.45, 7) is 4.40. The molecule has 4 aromatic rings. The average Bonchev–Trinajstić information content (AvgIpc) is 3.31. The molecule has 1 unspecified atom stereocenters. The number of carbonyl (C=O) groups is 1. The van der Waals surface area contributed by atoms with E-state index in [1.165, 1.54) is 17.3 Å². The molecule has 1 heterocycles. The molecule has 0 radical (unpaired) electrons. The molecule has 0 fully saturated rings. The Labute approximate surface area is 210 Å². The Hall–Kier alpha value is -3.84. The van der Waals surface area contributed by atoms with E-state index < -0.39 is 0 Å². The van der Waals surface area contributed by atoms with Crippen LogP contribution in [0.5, 0.6) is 5.75 Å². The Morgan fingerprint density at radius 3 is 2.37 bits per heavy atom. The number of nitrogens with one attached hydrogen (secondary N) is 1. The monoisotopic (exact) mass is 484 g/mol. The molecule has 35 heavy (non-hydrogen) atoms. The highest BCUT2D eigenvalue weighted by Gasteiger charge is 2.18. The first kappa shape index (κ1) is 24.3. The van der Waals surface area contributed by atoms with E-state index in [9.17, 15) is 4.79 Å². The largest absolute Gasteiger partial charge is 0.497 e. The van der Waals surface area contributed by atoms with Crippen LogP contribution in [0.1, 0.15) is 17.2 Å². The van der Waals surface area contributed by atoms with Crippen LogP contribution in [0.2, 0.25) is 0 Å². The third-order valence-electron chi connectivity index (χ3n) is 5.53. The van der Waals surface area contributed by atoms with Crippen LogP contribution in [0.25, 0.3) is 11.4 Å². The minimum atomic E-state index is -0.118. The lowest BCUT2D eigenvalue weighted by Crippen LogP contribution is -2.31. The highest BCUT2D eigenvalue weighted by Crippen LogP contribution is 2.26. The molecule has 7 heteroatoms. The van der Waals surface area contributed by atoms with Crippen molar-refractivity contribution in [2.45, 2.75) is 24.2 Å². The topological polar surface area (TPSA) is 69.0 Å². The Morgan fingerprint density at radius 2 is 1.71 bits per heavy atom. The predicted molar refractivity (Wildman–Crippen MR) is 140 cm³/mol. The summed E-state index contributed by atoms with van der Waals surface area (Å²) in [7, 11) is 1.64. The summed E-state index contributed by atoms with van der Waals surface area (Å²) in [5.74, 6) is 1.68. The molecule has 4 rings (SSSR count). The van der Waals surface area contributed by atoms with Crippen molar-refractivity contribution in [1.29, 1.82) is 0 Å². The highest BCUT2D eigenvalue weighted by molar-refractivity contribution is 7.99. The highest BCUT2D eigenvalue weighted by atomic mass is 32.2. The number of carbonyl (C=O) groups excluding carboxylic acids is 1. The van der Waals surface area contributed by atoms with Gasteiger partial charge in [-0.3, -0.25) is 9.36 Å². The van der Waals surface area contributed by atoms with Crippen molar-refractivity contribution in [1.82, 2.24) is 20.1 Å². The molecule has 0 aliphatic rings. The zero-order chi connectivity index (χ0) is 24.5. The fraction of sp³-hybridized carbons (Fsp3) is 0.179. The van der Waals surface area contributed by atoms with Gasteiger partial charge >= 0.3 is 0 Å². The van der Waals surface area contributed by atoms with Crippen molar-refractivity contribution in [3.63, 3.8) is 0 Å². The maximum Gasteiger partial charge on any atom is 0.230 e. The number of thioether (sulfide) groups is 1. The summed E-state index contributed by atoms with van der Waals surface area (Å²) >= 11 is 1.37. The van der Waals surface area contributed by atoms with Gasteiger partial charge in [0.15, 0.2) is 11.0 Å². The first-order chi connectivity index (χ1) is 17.2. The quantitative estimate of drug-likeness (QED) is 0.230. The molecule has 1 amide bonds. The van der Waals surface area contributed by atoms with E-state index in [2.05, 4.69) is 34.2 Å². The second-order valence-corrected chi connectivity index (χ2v) is 8.89. The molecule has 1 N–H and O–H groups in total. The van der Waals surface area contributed by atoms with E-state index in [0.717, 1.165) is 29.1 Å². The van der Waals surface area contributed by atoms with Crippen LogP contribution in [-0.4, -0.2) is 33.5 Å². The summed E-state index contributed by atoms with van der Waals surface area (Å²) in [6.07, 6.45) is 2.52. The molecule has 1 atom stereocenters. The number of aromatic nitrogens is 3. The van der Waals surface area contributed by atoms with Gasteiger partial charge in [0.05, 0.1) is 18.9 Å². The van der Waals surface area contributed by atoms with Crippen molar-refractivity contribution in [3.8, 4) is 17.1 Å².